The van der Waals surface area contributed by atoms with Crippen LogP contribution in [0.15, 0.2) is 0 Å². The van der Waals surface area contributed by atoms with E-state index in [-0.39, 0.29) is 206 Å². The van der Waals surface area contributed by atoms with Gasteiger partial charge in [0.05, 0.1) is 0 Å². The monoisotopic (exact) mass is 715 g/mol. The molecule has 0 aliphatic rings. The second kappa shape index (κ2) is 32.2. The van der Waals surface area contributed by atoms with Crippen LogP contribution >= 0.6 is 31.3 Å². The summed E-state index contributed by atoms with van der Waals surface area (Å²) in [6, 6.07) is 0. The van der Waals surface area contributed by atoms with E-state index in [2.05, 4.69) is 0 Å². The minimum atomic E-state index is -5.39. The van der Waals surface area contributed by atoms with Crippen molar-refractivity contribution in [1.82, 2.24) is 0 Å². The molecule has 0 bridgehead atoms. The number of rotatable bonds is 0. The van der Waals surface area contributed by atoms with Crippen LogP contribution in [0.1, 0.15) is 0 Å². The van der Waals surface area contributed by atoms with E-state index in [1.807, 2.05) is 0 Å². The summed E-state index contributed by atoms with van der Waals surface area (Å²) in [5, 5.41) is 0. The zero-order chi connectivity index (χ0) is 18.0. The van der Waals surface area contributed by atoms with Gasteiger partial charge in [-0.25, -0.2) is 0 Å². The summed E-state index contributed by atoms with van der Waals surface area (Å²) >= 11 is 0. The molecule has 0 heterocycles. The van der Waals surface area contributed by atoms with Gasteiger partial charge in [-0.05, 0) is 0 Å². The quantitative estimate of drug-likeness (QED) is 0.166. The Kier molecular flexibility index (Phi) is 79.1. The van der Waals surface area contributed by atoms with Crippen molar-refractivity contribution in [3.05, 3.63) is 0 Å². The summed E-state index contributed by atoms with van der Waals surface area (Å²) in [5.74, 6) is 0. The van der Waals surface area contributed by atoms with Crippen molar-refractivity contribution in [3.63, 3.8) is 0 Å². The van der Waals surface area contributed by atoms with E-state index in [1.54, 1.807) is 0 Å². The van der Waals surface area contributed by atoms with E-state index in [9.17, 15) is 0 Å². The minimum absolute atomic E-state index is 0. The first-order chi connectivity index (χ1) is 8.00. The maximum Gasteiger partial charge on any atom is 2.00 e. The summed E-state index contributed by atoms with van der Waals surface area (Å²) in [6.45, 7) is 0. The first-order valence-electron chi connectivity index (χ1n) is 2.92. The zero-order valence-electron chi connectivity index (χ0n) is 12.6. The molecule has 16 nitrogen and oxygen atoms in total. The van der Waals surface area contributed by atoms with Gasteiger partial charge in [-0.15, -0.1) is 0 Å². The van der Waals surface area contributed by atoms with Crippen LogP contribution in [0.4, 0.5) is 0 Å². The Hall–Kier alpha value is 7.18. The maximum atomic E-state index is 8.55. The molecule has 0 fully saturated rings. The van der Waals surface area contributed by atoms with Gasteiger partial charge in [0.25, 0.3) is 0 Å². The molecule has 0 saturated carbocycles. The molecule has 0 saturated heterocycles. The minimum Gasteiger partial charge on any atom is -0.822 e. The van der Waals surface area contributed by atoms with E-state index in [0.717, 1.165) is 0 Å². The summed E-state index contributed by atoms with van der Waals surface area (Å²) in [4.78, 5) is 103. The third-order valence-electron chi connectivity index (χ3n) is 0. The van der Waals surface area contributed by atoms with Crippen LogP contribution in [0.3, 0.4) is 0 Å². The predicted molar refractivity (Wildman–Crippen MR) is 64.9 cm³/mol. The van der Waals surface area contributed by atoms with Crippen molar-refractivity contribution >= 4 is 237 Å². The fourth-order valence-electron chi connectivity index (χ4n) is 0. The van der Waals surface area contributed by atoms with Gasteiger partial charge in [0, 0.05) is 0 Å². The van der Waals surface area contributed by atoms with Gasteiger partial charge in [0.1, 0.15) is 0 Å². The van der Waals surface area contributed by atoms with Crippen molar-refractivity contribution in [1.29, 1.82) is 0 Å². The first kappa shape index (κ1) is 63.9. The first-order valence-corrected chi connectivity index (χ1v) is 8.76. The number of hydrogen-bond donors (Lipinski definition) is 0. The smallest absolute Gasteiger partial charge is 0.822 e. The molecule has 128 valence electrons. The Labute approximate surface area is 306 Å². The Bertz CT molecular complexity index is 305. The molecule has 0 atom stereocenters. The van der Waals surface area contributed by atoms with Gasteiger partial charge in [-0.3, -0.25) is 0 Å². The topological polar surface area (TPSA) is 345 Å². The van der Waals surface area contributed by atoms with Crippen LogP contribution in [0.2, 0.25) is 0 Å². The van der Waals surface area contributed by atoms with E-state index < -0.39 is 31.3 Å². The molecule has 0 unspecified atom stereocenters. The molecule has 0 aliphatic heterocycles. The Morgan fingerprint density at radius 3 is 0.308 bits per heavy atom. The van der Waals surface area contributed by atoms with Crippen LogP contribution in [0, 0.1) is 0 Å². The molecule has 0 amide bonds. The molecule has 0 N–H and O–H groups in total. The Morgan fingerprint density at radius 1 is 0.308 bits per heavy atom. The molecule has 0 radical (unpaired) electrons. The maximum absolute atomic E-state index is 8.55. The molecule has 0 aliphatic carbocycles. The fourth-order valence-corrected chi connectivity index (χ4v) is 0. The Morgan fingerprint density at radius 2 is 0.308 bits per heavy atom. The third-order valence-corrected chi connectivity index (χ3v) is 0. The second-order valence-corrected chi connectivity index (χ2v) is 5.37. The fraction of sp³-hybridized carbons (Fsp3) is 0. The van der Waals surface area contributed by atoms with Crippen molar-refractivity contribution < 1.29 is 77.0 Å². The molecular weight excluding hydrogens is 716 g/mol. The zero-order valence-corrected chi connectivity index (χ0v) is 30.8. The SMILES string of the molecule is O=P([O-])([O-])[O-].O=P([O-])([O-])[O-].O=P([O-])([O-])[O-].O=P([O-])([O-])[O-].[Mg+2].[Mg+2].[Mg+2].[Sr+2].[Sr+2].[Sr+2]. The predicted octanol–water partition coefficient (Wildman–Crippen LogP) is -13.6. The molecule has 26 heteroatoms. The van der Waals surface area contributed by atoms with Crippen LogP contribution < -0.4 is 58.7 Å². The van der Waals surface area contributed by atoms with Gasteiger partial charge in [0.2, 0.25) is 0 Å². The van der Waals surface area contributed by atoms with Gasteiger partial charge in [0.15, 0.2) is 0 Å². The summed E-state index contributed by atoms with van der Waals surface area (Å²) in [6.07, 6.45) is 0. The molecule has 0 aromatic rings. The van der Waals surface area contributed by atoms with Gasteiger partial charge in [-0.2, -0.15) is 31.3 Å². The average molecular weight is 716 g/mol. The van der Waals surface area contributed by atoms with Crippen molar-refractivity contribution in [2.24, 2.45) is 0 Å². The molecule has 0 aromatic carbocycles. The van der Waals surface area contributed by atoms with Crippen LogP contribution in [0.25, 0.3) is 0 Å². The molecule has 0 spiro atoms. The van der Waals surface area contributed by atoms with Crippen molar-refractivity contribution in [2.45, 2.75) is 0 Å². The average Bonchev–Trinajstić information content (AvgIpc) is 1.62. The largest absolute Gasteiger partial charge is 2.00 e. The summed E-state index contributed by atoms with van der Waals surface area (Å²) in [5.41, 5.74) is 0. The molecule has 0 aromatic heterocycles. The van der Waals surface area contributed by atoms with E-state index >= 15 is 0 Å². The molecule has 0 rings (SSSR count). The van der Waals surface area contributed by atoms with Gasteiger partial charge in [-0.1, -0.05) is 0 Å². The van der Waals surface area contributed by atoms with Crippen molar-refractivity contribution in [3.8, 4) is 0 Å². The molecule has 26 heavy (non-hydrogen) atoms. The van der Waals surface area contributed by atoms with E-state index in [4.69, 9.17) is 77.0 Å². The second-order valence-electron chi connectivity index (χ2n) is 1.79. The standard InChI is InChI=1S/3Mg.4H3O4P.3Sr/c;;;4*1-5(2,3)4;;;/h;;;4*(H3,1,2,3,4);;;/q3*+2;;;;;3*+2/p-12. The third kappa shape index (κ3) is 551. The van der Waals surface area contributed by atoms with E-state index in [1.165, 1.54) is 0 Å². The molecular formula is Mg3O16P4Sr3. The number of phosphoric acid groups is 4. The van der Waals surface area contributed by atoms with Crippen molar-refractivity contribution in [2.75, 3.05) is 0 Å². The van der Waals surface area contributed by atoms with Crippen LogP contribution in [-0.4, -0.2) is 206 Å². The summed E-state index contributed by atoms with van der Waals surface area (Å²) < 4.78 is 34.2. The number of hydrogen-bond acceptors (Lipinski definition) is 16. The summed E-state index contributed by atoms with van der Waals surface area (Å²) in [7, 11) is -21.6. The van der Waals surface area contributed by atoms with Crippen LogP contribution in [0.5, 0.6) is 0 Å². The van der Waals surface area contributed by atoms with Crippen LogP contribution in [-0.2, 0) is 18.3 Å². The van der Waals surface area contributed by atoms with Gasteiger partial charge >= 0.3 is 206 Å². The Balaban J connectivity index is -0.0000000152. The van der Waals surface area contributed by atoms with Gasteiger partial charge < -0.3 is 77.0 Å². The van der Waals surface area contributed by atoms with E-state index in [0.29, 0.717) is 0 Å². The normalized spacial score (nSPS) is 9.08.